The number of hydrogen-bond donors (Lipinski definition) is 0. The van der Waals surface area contributed by atoms with Gasteiger partial charge in [0, 0.05) is 23.1 Å². The predicted octanol–water partition coefficient (Wildman–Crippen LogP) is 4.51. The summed E-state index contributed by atoms with van der Waals surface area (Å²) in [5, 5.41) is 0.342. The van der Waals surface area contributed by atoms with Crippen LogP contribution in [-0.4, -0.2) is 17.6 Å². The molecule has 0 amide bonds. The Labute approximate surface area is 166 Å². The van der Waals surface area contributed by atoms with Crippen LogP contribution in [0.2, 0.25) is 0 Å². The minimum atomic E-state index is -0.650. The van der Waals surface area contributed by atoms with Crippen molar-refractivity contribution >= 4 is 16.9 Å². The van der Waals surface area contributed by atoms with Crippen LogP contribution in [0, 0.1) is 5.82 Å². The Morgan fingerprint density at radius 3 is 2.28 bits per heavy atom. The molecule has 0 atom stereocenters. The molecule has 1 heterocycles. The standard InChI is InChI=1S/C24H18FNO3/c1-29-24(28)22-20(14-16-8-4-2-5-9-16)23(27)19-13-12-17(25)15-21(19)26(22)18-10-6-3-7-11-18/h2-13,15H,14H2,1H3. The molecule has 4 rings (SSSR count). The summed E-state index contributed by atoms with van der Waals surface area (Å²) in [6.07, 6.45) is 0.254. The van der Waals surface area contributed by atoms with Gasteiger partial charge in [-0.3, -0.25) is 4.79 Å². The van der Waals surface area contributed by atoms with Gasteiger partial charge in [-0.2, -0.15) is 0 Å². The van der Waals surface area contributed by atoms with E-state index in [0.717, 1.165) is 5.56 Å². The van der Waals surface area contributed by atoms with Gasteiger partial charge in [0.15, 0.2) is 5.43 Å². The molecule has 0 radical (unpaired) electrons. The lowest BCUT2D eigenvalue weighted by molar-refractivity contribution is 0.0590. The van der Waals surface area contributed by atoms with Gasteiger partial charge in [-0.1, -0.05) is 48.5 Å². The van der Waals surface area contributed by atoms with Gasteiger partial charge in [-0.25, -0.2) is 9.18 Å². The van der Waals surface area contributed by atoms with Crippen LogP contribution in [0.1, 0.15) is 21.6 Å². The molecule has 0 fully saturated rings. The molecule has 0 N–H and O–H groups in total. The molecule has 0 aliphatic carbocycles. The van der Waals surface area contributed by atoms with Crippen LogP contribution in [-0.2, 0) is 11.2 Å². The first kappa shape index (κ1) is 18.6. The van der Waals surface area contributed by atoms with E-state index in [9.17, 15) is 14.0 Å². The van der Waals surface area contributed by atoms with Gasteiger partial charge in [0.05, 0.1) is 12.6 Å². The summed E-state index contributed by atoms with van der Waals surface area (Å²) in [6, 6.07) is 22.5. The molecule has 1 aromatic heterocycles. The van der Waals surface area contributed by atoms with E-state index in [1.807, 2.05) is 48.5 Å². The second-order valence-electron chi connectivity index (χ2n) is 6.64. The molecule has 0 aliphatic rings. The number of carbonyl (C=O) groups excluding carboxylic acids is 1. The van der Waals surface area contributed by atoms with Gasteiger partial charge in [0.2, 0.25) is 0 Å². The predicted molar refractivity (Wildman–Crippen MR) is 110 cm³/mol. The van der Waals surface area contributed by atoms with Gasteiger partial charge in [-0.05, 0) is 35.9 Å². The monoisotopic (exact) mass is 387 g/mol. The van der Waals surface area contributed by atoms with Crippen LogP contribution >= 0.6 is 0 Å². The Hall–Kier alpha value is -3.73. The van der Waals surface area contributed by atoms with E-state index in [1.54, 1.807) is 16.7 Å². The molecule has 4 nitrogen and oxygen atoms in total. The van der Waals surface area contributed by atoms with Crippen molar-refractivity contribution in [3.05, 3.63) is 112 Å². The number of fused-ring (bicyclic) bond motifs is 1. The number of benzene rings is 3. The number of pyridine rings is 1. The Morgan fingerprint density at radius 2 is 1.62 bits per heavy atom. The van der Waals surface area contributed by atoms with E-state index in [2.05, 4.69) is 0 Å². The number of para-hydroxylation sites is 1. The third-order valence-corrected chi connectivity index (χ3v) is 4.85. The smallest absolute Gasteiger partial charge is 0.355 e. The minimum Gasteiger partial charge on any atom is -0.464 e. The summed E-state index contributed by atoms with van der Waals surface area (Å²) in [5.41, 5.74) is 1.94. The van der Waals surface area contributed by atoms with Crippen molar-refractivity contribution in [3.63, 3.8) is 0 Å². The molecular formula is C24H18FNO3. The number of aromatic nitrogens is 1. The van der Waals surface area contributed by atoms with Crippen LogP contribution in [0.25, 0.3) is 16.6 Å². The molecule has 5 heteroatoms. The number of esters is 1. The van der Waals surface area contributed by atoms with Gasteiger partial charge in [0.25, 0.3) is 0 Å². The third kappa shape index (κ3) is 3.43. The lowest BCUT2D eigenvalue weighted by Crippen LogP contribution is -2.24. The Balaban J connectivity index is 2.14. The first-order chi connectivity index (χ1) is 14.1. The van der Waals surface area contributed by atoms with Crippen molar-refractivity contribution in [3.8, 4) is 5.69 Å². The first-order valence-electron chi connectivity index (χ1n) is 9.15. The molecule has 144 valence electrons. The zero-order chi connectivity index (χ0) is 20.4. The Kier molecular flexibility index (Phi) is 4.96. The van der Waals surface area contributed by atoms with Crippen molar-refractivity contribution in [2.45, 2.75) is 6.42 Å². The van der Waals surface area contributed by atoms with Crippen LogP contribution < -0.4 is 5.43 Å². The van der Waals surface area contributed by atoms with E-state index in [1.165, 1.54) is 25.3 Å². The molecule has 3 aromatic carbocycles. The second-order valence-corrected chi connectivity index (χ2v) is 6.64. The van der Waals surface area contributed by atoms with E-state index >= 15 is 0 Å². The quantitative estimate of drug-likeness (QED) is 0.484. The second kappa shape index (κ2) is 7.72. The maximum atomic E-state index is 14.1. The zero-order valence-corrected chi connectivity index (χ0v) is 15.8. The highest BCUT2D eigenvalue weighted by Gasteiger charge is 2.24. The van der Waals surface area contributed by atoms with Crippen LogP contribution in [0.15, 0.2) is 83.7 Å². The average molecular weight is 387 g/mol. The maximum absolute atomic E-state index is 14.1. The Bertz CT molecular complexity index is 1250. The molecule has 0 unspecified atom stereocenters. The van der Waals surface area contributed by atoms with Crippen LogP contribution in [0.3, 0.4) is 0 Å². The van der Waals surface area contributed by atoms with Gasteiger partial charge in [-0.15, -0.1) is 0 Å². The SMILES string of the molecule is COC(=O)c1c(Cc2ccccc2)c(=O)c2ccc(F)cc2n1-c1ccccc1. The van der Waals surface area contributed by atoms with Crippen molar-refractivity contribution in [2.75, 3.05) is 7.11 Å². The fourth-order valence-electron chi connectivity index (χ4n) is 3.53. The number of halogens is 1. The largest absolute Gasteiger partial charge is 0.464 e. The number of rotatable bonds is 4. The highest BCUT2D eigenvalue weighted by Crippen LogP contribution is 2.25. The minimum absolute atomic E-state index is 0.102. The molecule has 0 spiro atoms. The summed E-state index contributed by atoms with van der Waals surface area (Å²) in [4.78, 5) is 26.1. The summed E-state index contributed by atoms with van der Waals surface area (Å²) in [6.45, 7) is 0. The van der Waals surface area contributed by atoms with Crippen LogP contribution in [0.5, 0.6) is 0 Å². The van der Waals surface area contributed by atoms with E-state index in [0.29, 0.717) is 22.2 Å². The third-order valence-electron chi connectivity index (χ3n) is 4.85. The average Bonchev–Trinajstić information content (AvgIpc) is 2.76. The zero-order valence-electron chi connectivity index (χ0n) is 15.8. The van der Waals surface area contributed by atoms with Crippen molar-refractivity contribution in [1.82, 2.24) is 4.57 Å². The molecular weight excluding hydrogens is 369 g/mol. The van der Waals surface area contributed by atoms with E-state index in [-0.39, 0.29) is 17.5 Å². The summed E-state index contributed by atoms with van der Waals surface area (Å²) < 4.78 is 20.7. The molecule has 0 bridgehead atoms. The summed E-state index contributed by atoms with van der Waals surface area (Å²) in [5.74, 6) is -1.14. The fourth-order valence-corrected chi connectivity index (χ4v) is 3.53. The summed E-state index contributed by atoms with van der Waals surface area (Å²) >= 11 is 0. The van der Waals surface area contributed by atoms with E-state index in [4.69, 9.17) is 4.74 Å². The highest BCUT2D eigenvalue weighted by molar-refractivity contribution is 5.95. The van der Waals surface area contributed by atoms with Gasteiger partial charge in [0.1, 0.15) is 11.5 Å². The Morgan fingerprint density at radius 1 is 0.966 bits per heavy atom. The number of nitrogens with zero attached hydrogens (tertiary/aromatic N) is 1. The first-order valence-corrected chi connectivity index (χ1v) is 9.15. The molecule has 29 heavy (non-hydrogen) atoms. The number of carbonyl (C=O) groups is 1. The lowest BCUT2D eigenvalue weighted by atomic mass is 9.99. The number of hydrogen-bond acceptors (Lipinski definition) is 3. The summed E-state index contributed by atoms with van der Waals surface area (Å²) in [7, 11) is 1.27. The van der Waals surface area contributed by atoms with Crippen LogP contribution in [0.4, 0.5) is 4.39 Å². The normalized spacial score (nSPS) is 10.8. The van der Waals surface area contributed by atoms with Crippen molar-refractivity contribution < 1.29 is 13.9 Å². The molecule has 0 saturated carbocycles. The molecule has 0 saturated heterocycles. The topological polar surface area (TPSA) is 48.3 Å². The van der Waals surface area contributed by atoms with Crippen molar-refractivity contribution in [2.24, 2.45) is 0 Å². The number of ether oxygens (including phenoxy) is 1. The molecule has 4 aromatic rings. The lowest BCUT2D eigenvalue weighted by Gasteiger charge is -2.19. The number of methoxy groups -OCH3 is 1. The van der Waals surface area contributed by atoms with Crippen molar-refractivity contribution in [1.29, 1.82) is 0 Å². The highest BCUT2D eigenvalue weighted by atomic mass is 19.1. The maximum Gasteiger partial charge on any atom is 0.355 e. The molecule has 0 aliphatic heterocycles. The van der Waals surface area contributed by atoms with E-state index < -0.39 is 11.8 Å². The van der Waals surface area contributed by atoms with Gasteiger partial charge >= 0.3 is 5.97 Å². The van der Waals surface area contributed by atoms with Gasteiger partial charge < -0.3 is 9.30 Å². The fraction of sp³-hybridized carbons (Fsp3) is 0.0833.